The van der Waals surface area contributed by atoms with Crippen LogP contribution in [0.25, 0.3) is 0 Å². The smallest absolute Gasteiger partial charge is 0.219 e. The molecule has 0 unspecified atom stereocenters. The van der Waals surface area contributed by atoms with Gasteiger partial charge in [0.1, 0.15) is 5.78 Å². The van der Waals surface area contributed by atoms with E-state index in [0.717, 1.165) is 12.8 Å². The Balaban J connectivity index is 2.61. The number of carbonyl (C=O) groups is 1. The molecule has 0 aromatic rings. The summed E-state index contributed by atoms with van der Waals surface area (Å²) in [5.74, 6) is 0.0846. The topological polar surface area (TPSA) is 60.2 Å². The third-order valence-electron chi connectivity index (χ3n) is 2.74. The highest BCUT2D eigenvalue weighted by Crippen LogP contribution is 2.27. The van der Waals surface area contributed by atoms with Crippen LogP contribution in [0.15, 0.2) is 12.7 Å². The summed E-state index contributed by atoms with van der Waals surface area (Å²) in [5, 5.41) is 10.7. The fraction of sp³-hybridized carbons (Fsp3) is 0.700. The van der Waals surface area contributed by atoms with Gasteiger partial charge in [0, 0.05) is 30.1 Å². The molecule has 0 N–H and O–H groups in total. The Morgan fingerprint density at radius 1 is 1.71 bits per heavy atom. The third kappa shape index (κ3) is 2.65. The van der Waals surface area contributed by atoms with Crippen molar-refractivity contribution in [2.75, 3.05) is 0 Å². The van der Waals surface area contributed by atoms with Gasteiger partial charge in [-0.1, -0.05) is 6.08 Å². The fourth-order valence-electron chi connectivity index (χ4n) is 2.01. The van der Waals surface area contributed by atoms with E-state index in [9.17, 15) is 14.9 Å². The Labute approximate surface area is 83.1 Å². The molecule has 14 heavy (non-hydrogen) atoms. The molecule has 0 bridgehead atoms. The Kier molecular flexibility index (Phi) is 3.80. The van der Waals surface area contributed by atoms with E-state index >= 15 is 0 Å². The second-order valence-electron chi connectivity index (χ2n) is 3.77. The summed E-state index contributed by atoms with van der Waals surface area (Å²) in [6, 6.07) is -0.614. The van der Waals surface area contributed by atoms with E-state index in [0.29, 0.717) is 19.3 Å². The fourth-order valence-corrected chi connectivity index (χ4v) is 2.01. The molecule has 0 aromatic carbocycles. The molecule has 1 rings (SSSR count). The van der Waals surface area contributed by atoms with Crippen LogP contribution in [-0.4, -0.2) is 16.7 Å². The minimum atomic E-state index is -0.614. The van der Waals surface area contributed by atoms with Crippen LogP contribution in [0.4, 0.5) is 0 Å². The van der Waals surface area contributed by atoms with Gasteiger partial charge in [-0.3, -0.25) is 14.9 Å². The standard InChI is InChI=1S/C10H15NO3/c1-2-4-10(11(13)14)8-5-3-6-9(12)7-8/h2,8,10H,1,3-7H2/t8-,10+/m0/s1. The van der Waals surface area contributed by atoms with Crippen LogP contribution >= 0.6 is 0 Å². The van der Waals surface area contributed by atoms with E-state index in [2.05, 4.69) is 6.58 Å². The molecule has 0 aliphatic heterocycles. The van der Waals surface area contributed by atoms with Gasteiger partial charge in [-0.05, 0) is 12.8 Å². The molecule has 2 atom stereocenters. The Hall–Kier alpha value is -1.19. The van der Waals surface area contributed by atoms with Crippen LogP contribution in [0.2, 0.25) is 0 Å². The van der Waals surface area contributed by atoms with Crippen LogP contribution in [0.3, 0.4) is 0 Å². The lowest BCUT2D eigenvalue weighted by molar-refractivity contribution is -0.531. The Morgan fingerprint density at radius 3 is 2.93 bits per heavy atom. The summed E-state index contributed by atoms with van der Waals surface area (Å²) in [6.45, 7) is 3.51. The van der Waals surface area contributed by atoms with Gasteiger partial charge in [-0.2, -0.15) is 0 Å². The molecule has 0 saturated heterocycles. The average Bonchev–Trinajstić information content (AvgIpc) is 2.13. The number of Topliss-reactive ketones (excluding diaryl/α,β-unsaturated/α-hetero) is 1. The summed E-state index contributed by atoms with van der Waals surface area (Å²) in [7, 11) is 0. The highest BCUT2D eigenvalue weighted by molar-refractivity contribution is 5.79. The lowest BCUT2D eigenvalue weighted by Gasteiger charge is -2.22. The SMILES string of the molecule is C=CC[C@H]([C@H]1CCCC(=O)C1)[N+](=O)[O-]. The molecule has 0 spiro atoms. The van der Waals surface area contributed by atoms with Crippen molar-refractivity contribution < 1.29 is 9.72 Å². The minimum absolute atomic E-state index is 0.0794. The molecular weight excluding hydrogens is 182 g/mol. The number of nitrogens with zero attached hydrogens (tertiary/aromatic N) is 1. The first-order valence-electron chi connectivity index (χ1n) is 4.91. The van der Waals surface area contributed by atoms with Crippen LogP contribution in [0, 0.1) is 16.0 Å². The first kappa shape index (κ1) is 10.9. The molecular formula is C10H15NO3. The lowest BCUT2D eigenvalue weighted by Crippen LogP contribution is -2.32. The van der Waals surface area contributed by atoms with Crippen molar-refractivity contribution in [2.45, 2.75) is 38.1 Å². The highest BCUT2D eigenvalue weighted by Gasteiger charge is 2.33. The number of nitro groups is 1. The zero-order chi connectivity index (χ0) is 10.6. The van der Waals surface area contributed by atoms with E-state index in [1.54, 1.807) is 6.08 Å². The van der Waals surface area contributed by atoms with Crippen molar-refractivity contribution in [3.63, 3.8) is 0 Å². The van der Waals surface area contributed by atoms with Crippen molar-refractivity contribution in [3.05, 3.63) is 22.8 Å². The summed E-state index contributed by atoms with van der Waals surface area (Å²) < 4.78 is 0. The van der Waals surface area contributed by atoms with Crippen LogP contribution in [0.1, 0.15) is 32.1 Å². The highest BCUT2D eigenvalue weighted by atomic mass is 16.6. The summed E-state index contributed by atoms with van der Waals surface area (Å²) in [4.78, 5) is 21.6. The van der Waals surface area contributed by atoms with Crippen molar-refractivity contribution in [2.24, 2.45) is 5.92 Å². The molecule has 1 aliphatic rings. The minimum Gasteiger partial charge on any atom is -0.300 e. The van der Waals surface area contributed by atoms with Gasteiger partial charge >= 0.3 is 0 Å². The zero-order valence-electron chi connectivity index (χ0n) is 8.15. The van der Waals surface area contributed by atoms with Crippen molar-refractivity contribution >= 4 is 5.78 Å². The van der Waals surface area contributed by atoms with E-state index in [4.69, 9.17) is 0 Å². The predicted octanol–water partition coefficient (Wildman–Crippen LogP) is 1.97. The molecule has 0 heterocycles. The lowest BCUT2D eigenvalue weighted by atomic mass is 9.82. The van der Waals surface area contributed by atoms with Gasteiger partial charge in [0.05, 0.1) is 0 Å². The second-order valence-corrected chi connectivity index (χ2v) is 3.77. The van der Waals surface area contributed by atoms with Crippen molar-refractivity contribution in [1.29, 1.82) is 0 Å². The van der Waals surface area contributed by atoms with E-state index < -0.39 is 6.04 Å². The van der Waals surface area contributed by atoms with E-state index in [-0.39, 0.29) is 16.6 Å². The quantitative estimate of drug-likeness (QED) is 0.393. The number of carbonyl (C=O) groups excluding carboxylic acids is 1. The molecule has 1 saturated carbocycles. The average molecular weight is 197 g/mol. The van der Waals surface area contributed by atoms with Crippen molar-refractivity contribution in [1.82, 2.24) is 0 Å². The van der Waals surface area contributed by atoms with Crippen LogP contribution < -0.4 is 0 Å². The molecule has 0 amide bonds. The maximum absolute atomic E-state index is 11.2. The maximum Gasteiger partial charge on any atom is 0.219 e. The normalized spacial score (nSPS) is 24.3. The van der Waals surface area contributed by atoms with E-state index in [1.807, 2.05) is 0 Å². The van der Waals surface area contributed by atoms with E-state index in [1.165, 1.54) is 0 Å². The van der Waals surface area contributed by atoms with Gasteiger partial charge in [0.15, 0.2) is 0 Å². The van der Waals surface area contributed by atoms with Crippen LogP contribution in [0.5, 0.6) is 0 Å². The molecule has 1 fully saturated rings. The molecule has 0 aromatic heterocycles. The van der Waals surface area contributed by atoms with Gasteiger partial charge < -0.3 is 0 Å². The third-order valence-corrected chi connectivity index (χ3v) is 2.74. The number of hydrogen-bond acceptors (Lipinski definition) is 3. The number of hydrogen-bond donors (Lipinski definition) is 0. The first-order valence-corrected chi connectivity index (χ1v) is 4.91. The molecule has 4 heteroatoms. The van der Waals surface area contributed by atoms with Gasteiger partial charge in [-0.25, -0.2) is 0 Å². The number of ketones is 1. The molecule has 78 valence electrons. The predicted molar refractivity (Wildman–Crippen MR) is 52.6 cm³/mol. The van der Waals surface area contributed by atoms with Gasteiger partial charge in [0.2, 0.25) is 6.04 Å². The molecule has 0 radical (unpaired) electrons. The Morgan fingerprint density at radius 2 is 2.43 bits per heavy atom. The van der Waals surface area contributed by atoms with Gasteiger partial charge in [-0.15, -0.1) is 6.58 Å². The molecule has 4 nitrogen and oxygen atoms in total. The largest absolute Gasteiger partial charge is 0.300 e. The second kappa shape index (κ2) is 4.88. The first-order chi connectivity index (χ1) is 6.65. The van der Waals surface area contributed by atoms with Crippen LogP contribution in [-0.2, 0) is 4.79 Å². The summed E-state index contributed by atoms with van der Waals surface area (Å²) >= 11 is 0. The summed E-state index contributed by atoms with van der Waals surface area (Å²) in [5.41, 5.74) is 0. The number of rotatable bonds is 4. The summed E-state index contributed by atoms with van der Waals surface area (Å²) in [6.07, 6.45) is 4.49. The zero-order valence-corrected chi connectivity index (χ0v) is 8.15. The van der Waals surface area contributed by atoms with Gasteiger partial charge in [0.25, 0.3) is 0 Å². The molecule has 1 aliphatic carbocycles. The monoisotopic (exact) mass is 197 g/mol. The Bertz CT molecular complexity index is 250. The van der Waals surface area contributed by atoms with Crippen molar-refractivity contribution in [3.8, 4) is 0 Å². The maximum atomic E-state index is 11.2.